The van der Waals surface area contributed by atoms with E-state index < -0.39 is 0 Å². The fourth-order valence-corrected chi connectivity index (χ4v) is 1.31. The lowest BCUT2D eigenvalue weighted by atomic mass is 10.0. The van der Waals surface area contributed by atoms with Crippen molar-refractivity contribution in [2.75, 3.05) is 13.2 Å². The van der Waals surface area contributed by atoms with E-state index in [1.54, 1.807) is 0 Å². The molecule has 0 rings (SSSR count). The number of aliphatic hydroxyl groups excluding tert-OH is 1. The minimum Gasteiger partial charge on any atom is -0.389 e. The van der Waals surface area contributed by atoms with Crippen LogP contribution in [0.4, 0.5) is 0 Å². The Hall–Kier alpha value is -0.340. The van der Waals surface area contributed by atoms with Gasteiger partial charge in [0.2, 0.25) is 0 Å². The summed E-state index contributed by atoms with van der Waals surface area (Å²) in [5.74, 6) is 0.429. The van der Waals surface area contributed by atoms with Gasteiger partial charge in [-0.2, -0.15) is 0 Å². The van der Waals surface area contributed by atoms with Crippen molar-refractivity contribution in [3.8, 4) is 0 Å². The zero-order chi connectivity index (χ0) is 10.8. The van der Waals surface area contributed by atoms with E-state index in [2.05, 4.69) is 13.8 Å². The topological polar surface area (TPSA) is 29.5 Å². The Kier molecular flexibility index (Phi) is 9.00. The second kappa shape index (κ2) is 9.22. The van der Waals surface area contributed by atoms with Crippen molar-refractivity contribution in [3.05, 3.63) is 12.2 Å². The Morgan fingerprint density at radius 2 is 2.14 bits per heavy atom. The van der Waals surface area contributed by atoms with Gasteiger partial charge in [0, 0.05) is 13.2 Å². The molecule has 0 saturated heterocycles. The first kappa shape index (κ1) is 13.7. The van der Waals surface area contributed by atoms with Crippen molar-refractivity contribution in [1.82, 2.24) is 0 Å². The molecule has 0 aromatic carbocycles. The highest BCUT2D eigenvalue weighted by Gasteiger charge is 2.07. The number of aliphatic hydroxyl groups is 1. The molecule has 2 heteroatoms. The number of unbranched alkanes of at least 4 members (excludes halogenated alkanes) is 1. The molecule has 0 aliphatic rings. The summed E-state index contributed by atoms with van der Waals surface area (Å²) in [4.78, 5) is 0. The average molecular weight is 200 g/mol. The van der Waals surface area contributed by atoms with Crippen LogP contribution in [0.3, 0.4) is 0 Å². The summed E-state index contributed by atoms with van der Waals surface area (Å²) in [6.45, 7) is 7.79. The molecule has 0 spiro atoms. The molecule has 0 fully saturated rings. The molecule has 0 amide bonds. The molecule has 0 aliphatic carbocycles. The smallest absolute Gasteiger partial charge is 0.0724 e. The Bertz CT molecular complexity index is 143. The van der Waals surface area contributed by atoms with Gasteiger partial charge in [-0.1, -0.05) is 32.4 Å². The Balaban J connectivity index is 3.39. The van der Waals surface area contributed by atoms with Gasteiger partial charge in [-0.3, -0.25) is 0 Å². The van der Waals surface area contributed by atoms with Crippen LogP contribution >= 0.6 is 0 Å². The van der Waals surface area contributed by atoms with Gasteiger partial charge in [0.25, 0.3) is 0 Å². The van der Waals surface area contributed by atoms with Crippen LogP contribution in [0.5, 0.6) is 0 Å². The summed E-state index contributed by atoms with van der Waals surface area (Å²) in [5, 5.41) is 9.48. The molecule has 0 heterocycles. The zero-order valence-electron chi connectivity index (χ0n) is 9.70. The monoisotopic (exact) mass is 200 g/mol. The van der Waals surface area contributed by atoms with E-state index >= 15 is 0 Å². The molecule has 2 atom stereocenters. The molecule has 0 saturated carbocycles. The molecule has 0 aliphatic heterocycles. The second-order valence-corrected chi connectivity index (χ2v) is 3.86. The van der Waals surface area contributed by atoms with Crippen LogP contribution in [0, 0.1) is 5.92 Å². The van der Waals surface area contributed by atoms with Gasteiger partial charge in [0.15, 0.2) is 0 Å². The fourth-order valence-electron chi connectivity index (χ4n) is 1.31. The standard InChI is InChI=1S/C12H24O2/c1-4-6-8-14-10-11(3)9-12(13)7-5-2/h5,7,11-13H,4,6,8-10H2,1-3H3. The van der Waals surface area contributed by atoms with Crippen LogP contribution < -0.4 is 0 Å². The largest absolute Gasteiger partial charge is 0.389 e. The Morgan fingerprint density at radius 3 is 2.71 bits per heavy atom. The van der Waals surface area contributed by atoms with E-state index in [4.69, 9.17) is 4.74 Å². The summed E-state index contributed by atoms with van der Waals surface area (Å²) in [7, 11) is 0. The van der Waals surface area contributed by atoms with Crippen molar-refractivity contribution in [1.29, 1.82) is 0 Å². The lowest BCUT2D eigenvalue weighted by Gasteiger charge is -2.13. The van der Waals surface area contributed by atoms with Gasteiger partial charge in [-0.05, 0) is 25.7 Å². The maximum atomic E-state index is 9.48. The van der Waals surface area contributed by atoms with Crippen molar-refractivity contribution in [2.45, 2.75) is 46.1 Å². The minimum absolute atomic E-state index is 0.315. The summed E-state index contributed by atoms with van der Waals surface area (Å²) in [5.41, 5.74) is 0. The number of hydrogen-bond donors (Lipinski definition) is 1. The van der Waals surface area contributed by atoms with E-state index in [0.717, 1.165) is 26.1 Å². The van der Waals surface area contributed by atoms with Crippen LogP contribution in [0.2, 0.25) is 0 Å². The maximum absolute atomic E-state index is 9.48. The molecule has 2 unspecified atom stereocenters. The van der Waals surface area contributed by atoms with Crippen LogP contribution in [-0.4, -0.2) is 24.4 Å². The van der Waals surface area contributed by atoms with E-state index in [9.17, 15) is 5.11 Å². The van der Waals surface area contributed by atoms with Crippen molar-refractivity contribution in [2.24, 2.45) is 5.92 Å². The number of allylic oxidation sites excluding steroid dienone is 1. The van der Waals surface area contributed by atoms with Crippen LogP contribution in [-0.2, 0) is 4.74 Å². The highest BCUT2D eigenvalue weighted by molar-refractivity contribution is 4.86. The summed E-state index contributed by atoms with van der Waals surface area (Å²) in [6.07, 6.45) is 6.48. The summed E-state index contributed by atoms with van der Waals surface area (Å²) in [6, 6.07) is 0. The predicted octanol–water partition coefficient (Wildman–Crippen LogP) is 2.77. The fraction of sp³-hybridized carbons (Fsp3) is 0.833. The van der Waals surface area contributed by atoms with Crippen LogP contribution in [0.25, 0.3) is 0 Å². The van der Waals surface area contributed by atoms with E-state index in [1.165, 1.54) is 6.42 Å². The molecule has 14 heavy (non-hydrogen) atoms. The highest BCUT2D eigenvalue weighted by Crippen LogP contribution is 2.07. The molecular formula is C12H24O2. The number of rotatable bonds is 8. The molecule has 0 aromatic heterocycles. The first-order valence-electron chi connectivity index (χ1n) is 5.59. The van der Waals surface area contributed by atoms with Gasteiger partial charge >= 0.3 is 0 Å². The van der Waals surface area contributed by atoms with E-state index in [1.807, 2.05) is 19.1 Å². The SMILES string of the molecule is CC=CC(O)CC(C)COCCCC. The quantitative estimate of drug-likeness (QED) is 0.482. The second-order valence-electron chi connectivity index (χ2n) is 3.86. The summed E-state index contributed by atoms with van der Waals surface area (Å²) < 4.78 is 5.48. The van der Waals surface area contributed by atoms with E-state index in [0.29, 0.717) is 5.92 Å². The Labute approximate surface area is 88.0 Å². The molecule has 0 aromatic rings. The predicted molar refractivity (Wildman–Crippen MR) is 60.3 cm³/mol. The lowest BCUT2D eigenvalue weighted by molar-refractivity contribution is 0.0828. The van der Waals surface area contributed by atoms with Gasteiger partial charge in [0.1, 0.15) is 0 Å². The third-order valence-electron chi connectivity index (χ3n) is 2.10. The third kappa shape index (κ3) is 8.27. The number of ether oxygens (including phenoxy) is 1. The summed E-state index contributed by atoms with van der Waals surface area (Å²) >= 11 is 0. The van der Waals surface area contributed by atoms with E-state index in [-0.39, 0.29) is 6.10 Å². The van der Waals surface area contributed by atoms with Gasteiger partial charge in [0.05, 0.1) is 6.10 Å². The number of hydrogen-bond acceptors (Lipinski definition) is 2. The average Bonchev–Trinajstić information content (AvgIpc) is 2.13. The molecule has 84 valence electrons. The first-order chi connectivity index (χ1) is 6.70. The normalized spacial score (nSPS) is 16.0. The van der Waals surface area contributed by atoms with Crippen molar-refractivity contribution in [3.63, 3.8) is 0 Å². The molecule has 0 bridgehead atoms. The lowest BCUT2D eigenvalue weighted by Crippen LogP contribution is -2.14. The third-order valence-corrected chi connectivity index (χ3v) is 2.10. The molecule has 1 N–H and O–H groups in total. The molecular weight excluding hydrogens is 176 g/mol. The molecule has 2 nitrogen and oxygen atoms in total. The van der Waals surface area contributed by atoms with Crippen molar-refractivity contribution < 1.29 is 9.84 Å². The first-order valence-corrected chi connectivity index (χ1v) is 5.59. The van der Waals surface area contributed by atoms with Crippen LogP contribution in [0.1, 0.15) is 40.0 Å². The minimum atomic E-state index is -0.315. The van der Waals surface area contributed by atoms with Crippen LogP contribution in [0.15, 0.2) is 12.2 Å². The highest BCUT2D eigenvalue weighted by atomic mass is 16.5. The molecule has 0 radical (unpaired) electrons. The Morgan fingerprint density at radius 1 is 1.43 bits per heavy atom. The maximum Gasteiger partial charge on any atom is 0.0724 e. The zero-order valence-corrected chi connectivity index (χ0v) is 9.70. The van der Waals surface area contributed by atoms with Crippen molar-refractivity contribution >= 4 is 0 Å². The van der Waals surface area contributed by atoms with Gasteiger partial charge < -0.3 is 9.84 Å². The van der Waals surface area contributed by atoms with Gasteiger partial charge in [-0.15, -0.1) is 0 Å². The van der Waals surface area contributed by atoms with Gasteiger partial charge in [-0.25, -0.2) is 0 Å².